The molecule has 0 saturated carbocycles. The molecule has 0 aromatic carbocycles. The number of hydrogen-bond acceptors (Lipinski definition) is 4. The summed E-state index contributed by atoms with van der Waals surface area (Å²) in [5, 5.41) is 8.70. The van der Waals surface area contributed by atoms with Gasteiger partial charge in [0.25, 0.3) is 5.91 Å². The van der Waals surface area contributed by atoms with Gasteiger partial charge < -0.3 is 10.8 Å². The molecule has 0 aliphatic heterocycles. The Morgan fingerprint density at radius 3 is 2.88 bits per heavy atom. The van der Waals surface area contributed by atoms with E-state index in [0.717, 1.165) is 4.90 Å². The lowest BCUT2D eigenvalue weighted by atomic mass is 10.2. The molecule has 0 bridgehead atoms. The summed E-state index contributed by atoms with van der Waals surface area (Å²) in [5.41, 5.74) is 5.27. The number of nitrogens with zero attached hydrogens (tertiary/aromatic N) is 1. The predicted octanol–water partition coefficient (Wildman–Crippen LogP) is 0.993. The molecule has 1 rings (SSSR count). The number of nitrogens with two attached hydrogens (primary N) is 1. The number of hydrogen-bond donors (Lipinski definition) is 2. The fourth-order valence-electron chi connectivity index (χ4n) is 0.928. The van der Waals surface area contributed by atoms with E-state index in [1.165, 1.54) is 18.0 Å². The fraction of sp³-hybridized carbons (Fsp3) is 0.300. The Bertz CT molecular complexity index is 409. The molecular weight excluding hydrogens is 228 g/mol. The van der Waals surface area contributed by atoms with Crippen molar-refractivity contribution in [1.29, 1.82) is 0 Å². The highest BCUT2D eigenvalue weighted by Gasteiger charge is 2.11. The third-order valence-corrected chi connectivity index (χ3v) is 3.16. The van der Waals surface area contributed by atoms with Crippen molar-refractivity contribution >= 4 is 23.6 Å². The van der Waals surface area contributed by atoms with Gasteiger partial charge in [0.15, 0.2) is 0 Å². The SMILES string of the molecule is CC(CSc1ccnc(C(N)=O)c1)C(=O)O. The van der Waals surface area contributed by atoms with Crippen LogP contribution in [0.15, 0.2) is 23.2 Å². The number of carbonyl (C=O) groups excluding carboxylic acids is 1. The van der Waals surface area contributed by atoms with E-state index >= 15 is 0 Å². The minimum atomic E-state index is -0.836. The molecule has 1 amide bonds. The number of rotatable bonds is 5. The summed E-state index contributed by atoms with van der Waals surface area (Å²) in [4.78, 5) is 26.0. The maximum Gasteiger partial charge on any atom is 0.307 e. The van der Waals surface area contributed by atoms with Crippen LogP contribution in [-0.2, 0) is 4.79 Å². The average Bonchev–Trinajstić information content (AvgIpc) is 2.26. The average molecular weight is 240 g/mol. The number of thioether (sulfide) groups is 1. The van der Waals surface area contributed by atoms with Crippen LogP contribution in [0.25, 0.3) is 0 Å². The van der Waals surface area contributed by atoms with Gasteiger partial charge in [0.05, 0.1) is 5.92 Å². The van der Waals surface area contributed by atoms with Crippen molar-refractivity contribution in [3.8, 4) is 0 Å². The number of amides is 1. The highest BCUT2D eigenvalue weighted by atomic mass is 32.2. The largest absolute Gasteiger partial charge is 0.481 e. The van der Waals surface area contributed by atoms with Crippen LogP contribution < -0.4 is 5.73 Å². The Hall–Kier alpha value is -1.56. The van der Waals surface area contributed by atoms with Crippen molar-refractivity contribution in [2.24, 2.45) is 11.7 Å². The molecule has 6 heteroatoms. The molecule has 1 unspecified atom stereocenters. The van der Waals surface area contributed by atoms with Gasteiger partial charge in [-0.25, -0.2) is 0 Å². The molecule has 0 radical (unpaired) electrons. The molecule has 1 aromatic rings. The molecule has 5 nitrogen and oxygen atoms in total. The van der Waals surface area contributed by atoms with Gasteiger partial charge >= 0.3 is 5.97 Å². The summed E-state index contributed by atoms with van der Waals surface area (Å²) in [5.74, 6) is -1.42. The van der Waals surface area contributed by atoms with E-state index in [-0.39, 0.29) is 5.69 Å². The minimum absolute atomic E-state index is 0.188. The Balaban J connectivity index is 2.64. The van der Waals surface area contributed by atoms with Crippen molar-refractivity contribution in [3.63, 3.8) is 0 Å². The van der Waals surface area contributed by atoms with Crippen LogP contribution in [-0.4, -0.2) is 27.7 Å². The predicted molar refractivity (Wildman–Crippen MR) is 60.3 cm³/mol. The molecule has 1 atom stereocenters. The van der Waals surface area contributed by atoms with E-state index in [9.17, 15) is 9.59 Å². The highest BCUT2D eigenvalue weighted by molar-refractivity contribution is 7.99. The highest BCUT2D eigenvalue weighted by Crippen LogP contribution is 2.20. The second-order valence-corrected chi connectivity index (χ2v) is 4.38. The lowest BCUT2D eigenvalue weighted by molar-refractivity contribution is -0.140. The third kappa shape index (κ3) is 3.54. The van der Waals surface area contributed by atoms with Crippen LogP contribution >= 0.6 is 11.8 Å². The molecule has 0 saturated heterocycles. The summed E-state index contributed by atoms with van der Waals surface area (Å²) < 4.78 is 0. The van der Waals surface area contributed by atoms with E-state index in [1.54, 1.807) is 19.1 Å². The zero-order valence-electron chi connectivity index (χ0n) is 8.71. The van der Waals surface area contributed by atoms with Gasteiger partial charge in [0.2, 0.25) is 0 Å². The number of aliphatic carboxylic acids is 1. The first-order chi connectivity index (χ1) is 7.50. The molecule has 0 aliphatic rings. The van der Waals surface area contributed by atoms with Crippen molar-refractivity contribution < 1.29 is 14.7 Å². The lowest BCUT2D eigenvalue weighted by Crippen LogP contribution is -2.13. The molecule has 1 heterocycles. The normalized spacial score (nSPS) is 12.1. The second kappa shape index (κ2) is 5.50. The quantitative estimate of drug-likeness (QED) is 0.749. The van der Waals surface area contributed by atoms with Crippen LogP contribution in [0.1, 0.15) is 17.4 Å². The first kappa shape index (κ1) is 12.5. The zero-order chi connectivity index (χ0) is 12.1. The van der Waals surface area contributed by atoms with Gasteiger partial charge in [-0.15, -0.1) is 11.8 Å². The van der Waals surface area contributed by atoms with Crippen LogP contribution in [0.2, 0.25) is 0 Å². The monoisotopic (exact) mass is 240 g/mol. The fourth-order valence-corrected chi connectivity index (χ4v) is 1.87. The summed E-state index contributed by atoms with van der Waals surface area (Å²) in [6.45, 7) is 1.63. The van der Waals surface area contributed by atoms with Crippen LogP contribution in [0.4, 0.5) is 0 Å². The number of aromatic nitrogens is 1. The van der Waals surface area contributed by atoms with Crippen LogP contribution in [0.3, 0.4) is 0 Å². The number of carboxylic acid groups (broad SMARTS) is 1. The number of carbonyl (C=O) groups is 2. The second-order valence-electron chi connectivity index (χ2n) is 3.29. The summed E-state index contributed by atoms with van der Waals surface area (Å²) >= 11 is 1.36. The minimum Gasteiger partial charge on any atom is -0.481 e. The lowest BCUT2D eigenvalue weighted by Gasteiger charge is -2.05. The molecule has 0 fully saturated rings. The maximum atomic E-state index is 10.9. The van der Waals surface area contributed by atoms with Gasteiger partial charge in [0.1, 0.15) is 5.69 Å². The Labute approximate surface area is 97.1 Å². The Kier molecular flexibility index (Phi) is 4.30. The molecule has 86 valence electrons. The summed E-state index contributed by atoms with van der Waals surface area (Å²) in [6.07, 6.45) is 1.48. The molecule has 3 N–H and O–H groups in total. The van der Waals surface area contributed by atoms with Gasteiger partial charge in [-0.1, -0.05) is 6.92 Å². The maximum absolute atomic E-state index is 10.9. The van der Waals surface area contributed by atoms with E-state index in [1.807, 2.05) is 0 Å². The molecule has 0 aliphatic carbocycles. The Morgan fingerprint density at radius 2 is 2.31 bits per heavy atom. The Morgan fingerprint density at radius 1 is 1.62 bits per heavy atom. The molecule has 1 aromatic heterocycles. The first-order valence-electron chi connectivity index (χ1n) is 4.62. The van der Waals surface area contributed by atoms with Gasteiger partial charge in [0, 0.05) is 16.8 Å². The zero-order valence-corrected chi connectivity index (χ0v) is 9.53. The number of carboxylic acids is 1. The van der Waals surface area contributed by atoms with E-state index in [4.69, 9.17) is 10.8 Å². The summed E-state index contributed by atoms with van der Waals surface area (Å²) in [7, 11) is 0. The first-order valence-corrected chi connectivity index (χ1v) is 5.60. The molecule has 16 heavy (non-hydrogen) atoms. The van der Waals surface area contributed by atoms with Crippen LogP contribution in [0, 0.1) is 5.92 Å². The number of primary amides is 1. The molecule has 0 spiro atoms. The van der Waals surface area contributed by atoms with Gasteiger partial charge in [-0.05, 0) is 12.1 Å². The van der Waals surface area contributed by atoms with Crippen molar-refractivity contribution in [1.82, 2.24) is 4.98 Å². The smallest absolute Gasteiger partial charge is 0.307 e. The van der Waals surface area contributed by atoms with E-state index in [2.05, 4.69) is 4.98 Å². The van der Waals surface area contributed by atoms with Gasteiger partial charge in [-0.2, -0.15) is 0 Å². The third-order valence-electron chi connectivity index (χ3n) is 1.91. The van der Waals surface area contributed by atoms with Crippen molar-refractivity contribution in [2.75, 3.05) is 5.75 Å². The van der Waals surface area contributed by atoms with Gasteiger partial charge in [-0.3, -0.25) is 14.6 Å². The number of pyridine rings is 1. The standard InChI is InChI=1S/C10H12N2O3S/c1-6(10(14)15)5-16-7-2-3-12-8(4-7)9(11)13/h2-4,6H,5H2,1H3,(H2,11,13)(H,14,15). The molecular formula is C10H12N2O3S. The van der Waals surface area contributed by atoms with Crippen molar-refractivity contribution in [3.05, 3.63) is 24.0 Å². The van der Waals surface area contributed by atoms with E-state index < -0.39 is 17.8 Å². The summed E-state index contributed by atoms with van der Waals surface area (Å²) in [6, 6.07) is 3.27. The van der Waals surface area contributed by atoms with Crippen molar-refractivity contribution in [2.45, 2.75) is 11.8 Å². The topological polar surface area (TPSA) is 93.3 Å². The van der Waals surface area contributed by atoms with E-state index in [0.29, 0.717) is 5.75 Å². The van der Waals surface area contributed by atoms with Crippen LogP contribution in [0.5, 0.6) is 0 Å².